The van der Waals surface area contributed by atoms with Gasteiger partial charge in [0.15, 0.2) is 0 Å². The van der Waals surface area contributed by atoms with Crippen LogP contribution in [0.1, 0.15) is 66.2 Å². The number of carbonyl (C=O) groups excluding carboxylic acids is 2. The summed E-state index contributed by atoms with van der Waals surface area (Å²) < 4.78 is 0. The Balaban J connectivity index is 2.14. The molecule has 1 fully saturated rings. The van der Waals surface area contributed by atoms with Gasteiger partial charge in [-0.15, -0.1) is 0 Å². The third kappa shape index (κ3) is 7.65. The largest absolute Gasteiger partial charge is 0.356 e. The predicted octanol–water partition coefficient (Wildman–Crippen LogP) is 1.14. The maximum atomic E-state index is 12.1. The molecular weight excluding hydrogens is 302 g/mol. The molecule has 0 aromatic carbocycles. The number of quaternary nitrogens is 1. The minimum absolute atomic E-state index is 0.00948. The number of rotatable bonds is 10. The van der Waals surface area contributed by atoms with Crippen LogP contribution >= 0.6 is 0 Å². The topological polar surface area (TPSA) is 62.6 Å². The molecule has 0 aromatic heterocycles. The highest BCUT2D eigenvalue weighted by molar-refractivity contribution is 5.83. The molecule has 0 aromatic rings. The molecule has 0 heterocycles. The second-order valence-corrected chi connectivity index (χ2v) is 7.35. The van der Waals surface area contributed by atoms with Crippen molar-refractivity contribution in [1.29, 1.82) is 0 Å². The lowest BCUT2D eigenvalue weighted by Crippen LogP contribution is -3.11. The molecule has 5 nitrogen and oxygen atoms in total. The number of nitrogens with one attached hydrogen (secondary N) is 3. The van der Waals surface area contributed by atoms with Crippen LogP contribution in [0.2, 0.25) is 0 Å². The smallest absolute Gasteiger partial charge is 0.220 e. The van der Waals surface area contributed by atoms with Crippen molar-refractivity contribution in [2.75, 3.05) is 26.2 Å². The second-order valence-electron chi connectivity index (χ2n) is 7.35. The molecule has 0 aliphatic heterocycles. The van der Waals surface area contributed by atoms with Crippen molar-refractivity contribution in [2.45, 2.75) is 72.3 Å². The van der Waals surface area contributed by atoms with Gasteiger partial charge in [-0.05, 0) is 32.1 Å². The normalized spacial score (nSPS) is 24.0. The van der Waals surface area contributed by atoms with Gasteiger partial charge in [-0.25, -0.2) is 0 Å². The summed E-state index contributed by atoms with van der Waals surface area (Å²) in [6.07, 6.45) is 5.09. The van der Waals surface area contributed by atoms with E-state index in [2.05, 4.69) is 38.3 Å². The molecule has 0 unspecified atom stereocenters. The first-order valence-electron chi connectivity index (χ1n) is 9.87. The Bertz CT molecular complexity index is 383. The van der Waals surface area contributed by atoms with Crippen LogP contribution in [-0.4, -0.2) is 44.0 Å². The molecule has 1 aliphatic rings. The molecule has 0 saturated heterocycles. The summed E-state index contributed by atoms with van der Waals surface area (Å²) in [5.74, 6) is 1.20. The molecule has 5 heteroatoms. The number of hydrogen-bond donors (Lipinski definition) is 3. The van der Waals surface area contributed by atoms with Gasteiger partial charge >= 0.3 is 0 Å². The number of amides is 2. The van der Waals surface area contributed by atoms with E-state index in [4.69, 9.17) is 0 Å². The highest BCUT2D eigenvalue weighted by Gasteiger charge is 2.28. The second kappa shape index (κ2) is 11.5. The Morgan fingerprint density at radius 1 is 1.04 bits per heavy atom. The summed E-state index contributed by atoms with van der Waals surface area (Å²) in [5.41, 5.74) is 0. The molecule has 0 spiro atoms. The standard InChI is InChI=1S/C19H37N3O2/c1-5-22(6-2)14-8-13-20-18(23)11-12-19(24)21-17-10-7-9-15(3)16(17)4/h15-17H,5-14H2,1-4H3,(H,20,23)(H,21,24)/p+1/t15-,16-,17+/m0/s1. The Morgan fingerprint density at radius 2 is 1.71 bits per heavy atom. The van der Waals surface area contributed by atoms with Gasteiger partial charge in [0.2, 0.25) is 11.8 Å². The van der Waals surface area contributed by atoms with Gasteiger partial charge in [0.25, 0.3) is 0 Å². The van der Waals surface area contributed by atoms with Crippen molar-refractivity contribution in [2.24, 2.45) is 11.8 Å². The third-order valence-corrected chi connectivity index (χ3v) is 5.66. The summed E-state index contributed by atoms with van der Waals surface area (Å²) in [6, 6.07) is 0.279. The highest BCUT2D eigenvalue weighted by atomic mass is 16.2. The lowest BCUT2D eigenvalue weighted by atomic mass is 9.78. The average molecular weight is 341 g/mol. The van der Waals surface area contributed by atoms with Gasteiger partial charge in [0.05, 0.1) is 19.6 Å². The molecule has 1 saturated carbocycles. The van der Waals surface area contributed by atoms with E-state index in [1.165, 1.54) is 12.8 Å². The van der Waals surface area contributed by atoms with E-state index in [0.29, 0.717) is 31.2 Å². The molecule has 0 bridgehead atoms. The Kier molecular flexibility index (Phi) is 9.99. The zero-order chi connectivity index (χ0) is 17.9. The van der Waals surface area contributed by atoms with Crippen LogP contribution in [0.15, 0.2) is 0 Å². The number of carbonyl (C=O) groups is 2. The van der Waals surface area contributed by atoms with Crippen molar-refractivity contribution in [3.05, 3.63) is 0 Å². The van der Waals surface area contributed by atoms with E-state index in [1.807, 2.05) is 0 Å². The maximum Gasteiger partial charge on any atom is 0.220 e. The first kappa shape index (κ1) is 20.9. The fourth-order valence-electron chi connectivity index (χ4n) is 3.55. The third-order valence-electron chi connectivity index (χ3n) is 5.66. The van der Waals surface area contributed by atoms with Crippen molar-refractivity contribution >= 4 is 11.8 Å². The summed E-state index contributed by atoms with van der Waals surface area (Å²) >= 11 is 0. The fourth-order valence-corrected chi connectivity index (χ4v) is 3.55. The fraction of sp³-hybridized carbons (Fsp3) is 0.895. The van der Waals surface area contributed by atoms with Crippen LogP contribution in [-0.2, 0) is 9.59 Å². The van der Waals surface area contributed by atoms with Crippen LogP contribution in [0.5, 0.6) is 0 Å². The van der Waals surface area contributed by atoms with Crippen molar-refractivity contribution in [1.82, 2.24) is 10.6 Å². The first-order chi connectivity index (χ1) is 11.5. The monoisotopic (exact) mass is 340 g/mol. The van der Waals surface area contributed by atoms with E-state index in [1.54, 1.807) is 4.90 Å². The molecule has 2 amide bonds. The lowest BCUT2D eigenvalue weighted by Gasteiger charge is -2.34. The molecule has 24 heavy (non-hydrogen) atoms. The molecule has 140 valence electrons. The summed E-state index contributed by atoms with van der Waals surface area (Å²) in [7, 11) is 0. The zero-order valence-corrected chi connectivity index (χ0v) is 16.1. The van der Waals surface area contributed by atoms with Gasteiger partial charge in [-0.2, -0.15) is 0 Å². The van der Waals surface area contributed by atoms with Gasteiger partial charge in [-0.3, -0.25) is 9.59 Å². The summed E-state index contributed by atoms with van der Waals surface area (Å²) in [4.78, 5) is 25.5. The summed E-state index contributed by atoms with van der Waals surface area (Å²) in [6.45, 7) is 12.9. The van der Waals surface area contributed by atoms with Crippen LogP contribution in [0.3, 0.4) is 0 Å². The lowest BCUT2D eigenvalue weighted by molar-refractivity contribution is -0.896. The predicted molar refractivity (Wildman–Crippen MR) is 97.9 cm³/mol. The summed E-state index contributed by atoms with van der Waals surface area (Å²) in [5, 5.41) is 6.06. The molecule has 1 rings (SSSR count). The van der Waals surface area contributed by atoms with Gasteiger partial charge in [0.1, 0.15) is 0 Å². The quantitative estimate of drug-likeness (QED) is 0.522. The van der Waals surface area contributed by atoms with Gasteiger partial charge in [0, 0.05) is 31.8 Å². The van der Waals surface area contributed by atoms with E-state index in [0.717, 1.165) is 32.5 Å². The minimum atomic E-state index is -0.00948. The van der Waals surface area contributed by atoms with Crippen molar-refractivity contribution < 1.29 is 14.5 Å². The first-order valence-corrected chi connectivity index (χ1v) is 9.87. The SMILES string of the molecule is CC[NH+](CC)CCCNC(=O)CCC(=O)N[C@@H]1CCC[C@H](C)[C@@H]1C. The van der Waals surface area contributed by atoms with Crippen molar-refractivity contribution in [3.8, 4) is 0 Å². The Labute approximate surface area is 147 Å². The Hall–Kier alpha value is -1.10. The zero-order valence-electron chi connectivity index (χ0n) is 16.1. The van der Waals surface area contributed by atoms with Crippen molar-refractivity contribution in [3.63, 3.8) is 0 Å². The van der Waals surface area contributed by atoms with E-state index in [-0.39, 0.29) is 17.9 Å². The average Bonchev–Trinajstić information content (AvgIpc) is 2.57. The van der Waals surface area contributed by atoms with Crippen LogP contribution in [0.25, 0.3) is 0 Å². The van der Waals surface area contributed by atoms with E-state index < -0.39 is 0 Å². The van der Waals surface area contributed by atoms with Gasteiger partial charge in [-0.1, -0.05) is 26.7 Å². The maximum absolute atomic E-state index is 12.1. The van der Waals surface area contributed by atoms with Crippen LogP contribution < -0.4 is 15.5 Å². The van der Waals surface area contributed by atoms with Crippen LogP contribution in [0.4, 0.5) is 0 Å². The van der Waals surface area contributed by atoms with Gasteiger partial charge < -0.3 is 15.5 Å². The number of hydrogen-bond acceptors (Lipinski definition) is 2. The molecular formula is C19H38N3O2+. The Morgan fingerprint density at radius 3 is 2.38 bits per heavy atom. The van der Waals surface area contributed by atoms with Crippen LogP contribution in [0, 0.1) is 11.8 Å². The minimum Gasteiger partial charge on any atom is -0.356 e. The van der Waals surface area contributed by atoms with E-state index >= 15 is 0 Å². The molecule has 0 radical (unpaired) electrons. The molecule has 3 atom stereocenters. The molecule has 3 N–H and O–H groups in total. The highest BCUT2D eigenvalue weighted by Crippen LogP contribution is 2.29. The molecule has 1 aliphatic carbocycles. The van der Waals surface area contributed by atoms with E-state index in [9.17, 15) is 9.59 Å².